The molecule has 2 atom stereocenters. The SMILES string of the molecule is COc1ccc([C@H]2CNC(=O)[C@@H]2c2ccc(OC)c(OC)c2)cc1OC. The zero-order valence-electron chi connectivity index (χ0n) is 15.4. The molecule has 0 spiro atoms. The maximum Gasteiger partial charge on any atom is 0.228 e. The van der Waals surface area contributed by atoms with Gasteiger partial charge >= 0.3 is 0 Å². The van der Waals surface area contributed by atoms with Crippen molar-refractivity contribution in [2.75, 3.05) is 35.0 Å². The average molecular weight is 357 g/mol. The topological polar surface area (TPSA) is 66.0 Å². The van der Waals surface area contributed by atoms with Crippen LogP contribution in [0.3, 0.4) is 0 Å². The minimum Gasteiger partial charge on any atom is -0.493 e. The van der Waals surface area contributed by atoms with Gasteiger partial charge in [0.25, 0.3) is 0 Å². The van der Waals surface area contributed by atoms with Gasteiger partial charge in [0.1, 0.15) is 0 Å². The molecule has 0 saturated carbocycles. The van der Waals surface area contributed by atoms with Gasteiger partial charge in [0, 0.05) is 12.5 Å². The normalized spacial score (nSPS) is 19.0. The van der Waals surface area contributed by atoms with E-state index in [2.05, 4.69) is 5.32 Å². The highest BCUT2D eigenvalue weighted by atomic mass is 16.5. The van der Waals surface area contributed by atoms with Crippen molar-refractivity contribution in [3.05, 3.63) is 47.5 Å². The van der Waals surface area contributed by atoms with Crippen molar-refractivity contribution in [3.8, 4) is 23.0 Å². The van der Waals surface area contributed by atoms with Crippen molar-refractivity contribution < 1.29 is 23.7 Å². The van der Waals surface area contributed by atoms with E-state index in [9.17, 15) is 4.79 Å². The van der Waals surface area contributed by atoms with Crippen LogP contribution in [0.25, 0.3) is 0 Å². The molecule has 1 fully saturated rings. The largest absolute Gasteiger partial charge is 0.493 e. The van der Waals surface area contributed by atoms with E-state index in [0.717, 1.165) is 11.1 Å². The predicted octanol–water partition coefficient (Wildman–Crippen LogP) is 2.72. The lowest BCUT2D eigenvalue weighted by Crippen LogP contribution is -2.18. The Morgan fingerprint density at radius 3 is 1.81 bits per heavy atom. The van der Waals surface area contributed by atoms with Crippen LogP contribution in [-0.2, 0) is 4.79 Å². The number of nitrogens with one attached hydrogen (secondary N) is 1. The summed E-state index contributed by atoms with van der Waals surface area (Å²) in [5, 5.41) is 2.97. The molecule has 0 radical (unpaired) electrons. The standard InChI is InChI=1S/C20H23NO5/c1-23-15-7-5-12(9-17(15)25-3)14-11-21-20(22)19(14)13-6-8-16(24-2)18(10-13)26-4/h5-10,14,19H,11H2,1-4H3,(H,21,22)/t14-,19-/m1/s1. The van der Waals surface area contributed by atoms with Gasteiger partial charge in [-0.1, -0.05) is 12.1 Å². The lowest BCUT2D eigenvalue weighted by Gasteiger charge is -2.20. The number of rotatable bonds is 6. The molecule has 0 aromatic heterocycles. The second-order valence-corrected chi connectivity index (χ2v) is 6.06. The monoisotopic (exact) mass is 357 g/mol. The lowest BCUT2D eigenvalue weighted by molar-refractivity contribution is -0.120. The summed E-state index contributed by atoms with van der Waals surface area (Å²) in [4.78, 5) is 12.6. The molecule has 1 saturated heterocycles. The molecule has 2 aromatic rings. The average Bonchev–Trinajstić information content (AvgIpc) is 3.08. The first kappa shape index (κ1) is 17.9. The van der Waals surface area contributed by atoms with E-state index in [1.807, 2.05) is 36.4 Å². The molecule has 1 aliphatic rings. The van der Waals surface area contributed by atoms with Gasteiger partial charge in [0.2, 0.25) is 5.91 Å². The number of hydrogen-bond acceptors (Lipinski definition) is 5. The van der Waals surface area contributed by atoms with Crippen molar-refractivity contribution in [3.63, 3.8) is 0 Å². The Morgan fingerprint density at radius 2 is 1.27 bits per heavy atom. The van der Waals surface area contributed by atoms with E-state index in [0.29, 0.717) is 29.5 Å². The molecule has 1 aliphatic heterocycles. The molecule has 0 aliphatic carbocycles. The van der Waals surface area contributed by atoms with Crippen LogP contribution in [0.4, 0.5) is 0 Å². The van der Waals surface area contributed by atoms with Gasteiger partial charge in [0.05, 0.1) is 34.4 Å². The van der Waals surface area contributed by atoms with E-state index >= 15 is 0 Å². The van der Waals surface area contributed by atoms with E-state index < -0.39 is 0 Å². The first-order valence-electron chi connectivity index (χ1n) is 8.34. The van der Waals surface area contributed by atoms with Crippen LogP contribution >= 0.6 is 0 Å². The summed E-state index contributed by atoms with van der Waals surface area (Å²) >= 11 is 0. The van der Waals surface area contributed by atoms with E-state index in [1.54, 1.807) is 28.4 Å². The van der Waals surface area contributed by atoms with Crippen LogP contribution in [0.5, 0.6) is 23.0 Å². The third kappa shape index (κ3) is 3.14. The quantitative estimate of drug-likeness (QED) is 0.861. The number of carbonyl (C=O) groups excluding carboxylic acids is 1. The molecule has 1 amide bonds. The number of carbonyl (C=O) groups is 1. The van der Waals surface area contributed by atoms with Gasteiger partial charge in [0.15, 0.2) is 23.0 Å². The third-order valence-electron chi connectivity index (χ3n) is 4.78. The second kappa shape index (κ2) is 7.56. The molecule has 6 heteroatoms. The first-order chi connectivity index (χ1) is 12.6. The number of ether oxygens (including phenoxy) is 4. The molecule has 0 bridgehead atoms. The molecule has 1 heterocycles. The zero-order chi connectivity index (χ0) is 18.7. The van der Waals surface area contributed by atoms with E-state index in [-0.39, 0.29) is 17.7 Å². The van der Waals surface area contributed by atoms with Gasteiger partial charge < -0.3 is 24.3 Å². The van der Waals surface area contributed by atoms with Crippen LogP contribution in [0, 0.1) is 0 Å². The van der Waals surface area contributed by atoms with Gasteiger partial charge in [-0.25, -0.2) is 0 Å². The summed E-state index contributed by atoms with van der Waals surface area (Å²) in [5.41, 5.74) is 1.90. The Hall–Kier alpha value is -2.89. The number of methoxy groups -OCH3 is 4. The zero-order valence-corrected chi connectivity index (χ0v) is 15.4. The van der Waals surface area contributed by atoms with Crippen LogP contribution in [-0.4, -0.2) is 40.9 Å². The fourth-order valence-corrected chi connectivity index (χ4v) is 3.44. The molecular formula is C20H23NO5. The van der Waals surface area contributed by atoms with Gasteiger partial charge in [-0.05, 0) is 35.4 Å². The Labute approximate surface area is 153 Å². The first-order valence-corrected chi connectivity index (χ1v) is 8.34. The lowest BCUT2D eigenvalue weighted by atomic mass is 9.83. The summed E-state index contributed by atoms with van der Waals surface area (Å²) in [5.74, 6) is 2.23. The molecule has 2 aromatic carbocycles. The molecule has 1 N–H and O–H groups in total. The highest BCUT2D eigenvalue weighted by molar-refractivity contribution is 5.87. The second-order valence-electron chi connectivity index (χ2n) is 6.06. The van der Waals surface area contributed by atoms with Crippen molar-refractivity contribution in [1.29, 1.82) is 0 Å². The van der Waals surface area contributed by atoms with Crippen molar-refractivity contribution in [2.24, 2.45) is 0 Å². The van der Waals surface area contributed by atoms with Crippen LogP contribution in [0.15, 0.2) is 36.4 Å². The fraction of sp³-hybridized carbons (Fsp3) is 0.350. The fourth-order valence-electron chi connectivity index (χ4n) is 3.44. The molecule has 6 nitrogen and oxygen atoms in total. The Kier molecular flexibility index (Phi) is 5.21. The molecular weight excluding hydrogens is 334 g/mol. The van der Waals surface area contributed by atoms with Crippen LogP contribution < -0.4 is 24.3 Å². The number of amides is 1. The Morgan fingerprint density at radius 1 is 0.769 bits per heavy atom. The molecule has 3 rings (SSSR count). The smallest absolute Gasteiger partial charge is 0.228 e. The van der Waals surface area contributed by atoms with Crippen molar-refractivity contribution in [1.82, 2.24) is 5.32 Å². The molecule has 26 heavy (non-hydrogen) atoms. The van der Waals surface area contributed by atoms with Gasteiger partial charge in [-0.3, -0.25) is 4.79 Å². The third-order valence-corrected chi connectivity index (χ3v) is 4.78. The Balaban J connectivity index is 2.00. The van der Waals surface area contributed by atoms with Crippen LogP contribution in [0.2, 0.25) is 0 Å². The molecule has 138 valence electrons. The van der Waals surface area contributed by atoms with Gasteiger partial charge in [-0.15, -0.1) is 0 Å². The number of benzene rings is 2. The van der Waals surface area contributed by atoms with E-state index in [1.165, 1.54) is 0 Å². The predicted molar refractivity (Wildman–Crippen MR) is 97.6 cm³/mol. The summed E-state index contributed by atoms with van der Waals surface area (Å²) in [6.07, 6.45) is 0. The summed E-state index contributed by atoms with van der Waals surface area (Å²) < 4.78 is 21.4. The van der Waals surface area contributed by atoms with Gasteiger partial charge in [-0.2, -0.15) is 0 Å². The maximum atomic E-state index is 12.6. The highest BCUT2D eigenvalue weighted by Gasteiger charge is 2.37. The molecule has 0 unspecified atom stereocenters. The van der Waals surface area contributed by atoms with E-state index in [4.69, 9.17) is 18.9 Å². The highest BCUT2D eigenvalue weighted by Crippen LogP contribution is 2.41. The summed E-state index contributed by atoms with van der Waals surface area (Å²) in [6.45, 7) is 0.563. The maximum absolute atomic E-state index is 12.6. The minimum atomic E-state index is -0.312. The Bertz CT molecular complexity index is 805. The minimum absolute atomic E-state index is 0.00277. The summed E-state index contributed by atoms with van der Waals surface area (Å²) in [6, 6.07) is 11.4. The van der Waals surface area contributed by atoms with Crippen molar-refractivity contribution in [2.45, 2.75) is 11.8 Å². The number of hydrogen-bond donors (Lipinski definition) is 1. The van der Waals surface area contributed by atoms with Crippen molar-refractivity contribution >= 4 is 5.91 Å². The summed E-state index contributed by atoms with van der Waals surface area (Å²) in [7, 11) is 6.38. The van der Waals surface area contributed by atoms with Crippen LogP contribution in [0.1, 0.15) is 23.0 Å².